The second-order valence-corrected chi connectivity index (χ2v) is 14.9. The molecule has 12 rings (SSSR count). The molecule has 2 heteroatoms. The van der Waals surface area contributed by atoms with E-state index in [-0.39, 0.29) is 11.7 Å². The molecular weight excluding hydrogens is 392 g/mol. The molecule has 32 heavy (non-hydrogen) atoms. The van der Waals surface area contributed by atoms with Crippen LogP contribution in [0.25, 0.3) is 0 Å². The van der Waals surface area contributed by atoms with E-state index < -0.39 is 0 Å². The summed E-state index contributed by atoms with van der Waals surface area (Å²) in [6, 6.07) is 0. The van der Waals surface area contributed by atoms with E-state index in [1.165, 1.54) is 75.0 Å². The minimum absolute atomic E-state index is 0.0859. The smallest absolute Gasteiger partial charge is 0.0655 e. The van der Waals surface area contributed by atoms with Crippen LogP contribution in [0, 0.1) is 65.1 Å². The first kappa shape index (κ1) is 21.2. The maximum atomic E-state index is 10.1. The molecule has 0 aromatic heterocycles. The molecule has 0 spiro atoms. The standard InChI is InChI=1S/2C10H16O.C10H16/c11-10-4-7-1-8(5-10)3-9(2-7)6-10;11-10-8-2-6-1-7(4-8)5-9(10)3-6;1-7-2-9-4-8(1)5-10(3-7)6-9/h7-9,11H,1-6H2;6-11H,1-5H2;7-10H,1-6H2. The summed E-state index contributed by atoms with van der Waals surface area (Å²) < 4.78 is 0. The predicted octanol–water partition coefficient (Wildman–Crippen LogP) is 6.58. The number of aliphatic hydroxyl groups excluding tert-OH is 1. The normalized spacial score (nSPS) is 59.4. The molecule has 12 aliphatic rings. The third-order valence-corrected chi connectivity index (χ3v) is 12.2. The van der Waals surface area contributed by atoms with E-state index in [0.29, 0.717) is 11.8 Å². The summed E-state index contributed by atoms with van der Waals surface area (Å²) in [5.41, 5.74) is -0.200. The number of hydrogen-bond donors (Lipinski definition) is 2. The SMILES string of the molecule is C1C2CC3CC1CC(C2)C3.OC12CC3CC(CC(C3)C1)C2.OC1C2CC3CC(C2)CC1C3. The van der Waals surface area contributed by atoms with Gasteiger partial charge in [0.15, 0.2) is 0 Å². The number of hydrogen-bond acceptors (Lipinski definition) is 2. The minimum Gasteiger partial charge on any atom is -0.393 e. The Labute approximate surface area is 196 Å². The van der Waals surface area contributed by atoms with Crippen LogP contribution in [0.5, 0.6) is 0 Å². The van der Waals surface area contributed by atoms with E-state index in [1.54, 1.807) is 38.5 Å². The third kappa shape index (κ3) is 4.02. The first-order chi connectivity index (χ1) is 15.5. The Kier molecular flexibility index (Phi) is 5.29. The predicted molar refractivity (Wildman–Crippen MR) is 128 cm³/mol. The first-order valence-electron chi connectivity index (χ1n) is 14.9. The molecule has 0 amide bonds. The highest BCUT2D eigenvalue weighted by Gasteiger charge is 2.50. The Morgan fingerprint density at radius 1 is 0.375 bits per heavy atom. The topological polar surface area (TPSA) is 40.5 Å². The Bertz CT molecular complexity index is 577. The molecule has 180 valence electrons. The van der Waals surface area contributed by atoms with Gasteiger partial charge in [-0.05, 0) is 174 Å². The maximum Gasteiger partial charge on any atom is 0.0655 e. The van der Waals surface area contributed by atoms with Crippen molar-refractivity contribution in [2.24, 2.45) is 65.1 Å². The van der Waals surface area contributed by atoms with E-state index in [2.05, 4.69) is 0 Å². The van der Waals surface area contributed by atoms with Crippen LogP contribution in [0.15, 0.2) is 0 Å². The minimum atomic E-state index is -0.200. The molecule has 0 aromatic rings. The summed E-state index contributed by atoms with van der Waals surface area (Å²) in [5, 5.41) is 19.9. The second kappa shape index (κ2) is 7.97. The highest BCUT2D eigenvalue weighted by Crippen LogP contribution is 2.56. The Hall–Kier alpha value is -0.0800. The monoisotopic (exact) mass is 440 g/mol. The summed E-state index contributed by atoms with van der Waals surface area (Å²) >= 11 is 0. The summed E-state index contributed by atoms with van der Waals surface area (Å²) in [5.74, 6) is 10.8. The Morgan fingerprint density at radius 2 is 0.625 bits per heavy atom. The number of rotatable bonds is 0. The fourth-order valence-electron chi connectivity index (χ4n) is 11.9. The molecule has 12 bridgehead atoms. The molecule has 2 N–H and O–H groups in total. The van der Waals surface area contributed by atoms with Crippen molar-refractivity contribution < 1.29 is 10.2 Å². The highest BCUT2D eigenvalue weighted by molar-refractivity contribution is 5.02. The van der Waals surface area contributed by atoms with Crippen LogP contribution in [0.1, 0.15) is 109 Å². The van der Waals surface area contributed by atoms with E-state index in [1.807, 2.05) is 0 Å². The van der Waals surface area contributed by atoms with Gasteiger partial charge in [-0.25, -0.2) is 0 Å². The molecule has 0 aromatic carbocycles. The molecule has 2 nitrogen and oxygen atoms in total. The van der Waals surface area contributed by atoms with Crippen molar-refractivity contribution in [1.82, 2.24) is 0 Å². The van der Waals surface area contributed by atoms with Crippen LogP contribution < -0.4 is 0 Å². The van der Waals surface area contributed by atoms with Gasteiger partial charge >= 0.3 is 0 Å². The molecule has 12 saturated carbocycles. The van der Waals surface area contributed by atoms with Gasteiger partial charge in [0.05, 0.1) is 11.7 Å². The first-order valence-corrected chi connectivity index (χ1v) is 14.9. The van der Waals surface area contributed by atoms with Crippen molar-refractivity contribution in [3.05, 3.63) is 0 Å². The zero-order valence-electron chi connectivity index (χ0n) is 20.3. The van der Waals surface area contributed by atoms with E-state index in [9.17, 15) is 10.2 Å². The summed E-state index contributed by atoms with van der Waals surface area (Å²) in [6.07, 6.45) is 24.2. The molecule has 0 aliphatic heterocycles. The average Bonchev–Trinajstić information content (AvgIpc) is 2.69. The van der Waals surface area contributed by atoms with Crippen LogP contribution >= 0.6 is 0 Å². The van der Waals surface area contributed by atoms with Crippen molar-refractivity contribution >= 4 is 0 Å². The fourth-order valence-corrected chi connectivity index (χ4v) is 11.9. The lowest BCUT2D eigenvalue weighted by molar-refractivity contribution is -0.124. The highest BCUT2D eigenvalue weighted by atomic mass is 16.3. The lowest BCUT2D eigenvalue weighted by Crippen LogP contribution is -2.50. The van der Waals surface area contributed by atoms with Crippen LogP contribution in [0.4, 0.5) is 0 Å². The van der Waals surface area contributed by atoms with Crippen molar-refractivity contribution in [2.75, 3.05) is 0 Å². The Balaban J connectivity index is 0.0000000847. The fraction of sp³-hybridized carbons (Fsp3) is 1.00. The van der Waals surface area contributed by atoms with E-state index in [0.717, 1.165) is 48.9 Å². The van der Waals surface area contributed by atoms with Gasteiger partial charge in [0.2, 0.25) is 0 Å². The van der Waals surface area contributed by atoms with Crippen molar-refractivity contribution in [3.8, 4) is 0 Å². The van der Waals surface area contributed by atoms with Gasteiger partial charge in [-0.3, -0.25) is 0 Å². The van der Waals surface area contributed by atoms with Crippen molar-refractivity contribution in [3.63, 3.8) is 0 Å². The molecule has 0 radical (unpaired) electrons. The zero-order chi connectivity index (χ0) is 21.4. The molecular formula is C30H48O2. The maximum absolute atomic E-state index is 10.1. The number of aliphatic hydroxyl groups is 2. The van der Waals surface area contributed by atoms with E-state index >= 15 is 0 Å². The third-order valence-electron chi connectivity index (χ3n) is 12.2. The summed E-state index contributed by atoms with van der Waals surface area (Å²) in [7, 11) is 0. The van der Waals surface area contributed by atoms with Gasteiger partial charge in [0.25, 0.3) is 0 Å². The van der Waals surface area contributed by atoms with Gasteiger partial charge in [0.1, 0.15) is 0 Å². The lowest BCUT2D eigenvalue weighted by Gasteiger charge is -2.54. The average molecular weight is 441 g/mol. The Morgan fingerprint density at radius 3 is 0.906 bits per heavy atom. The van der Waals surface area contributed by atoms with Gasteiger partial charge in [-0.2, -0.15) is 0 Å². The van der Waals surface area contributed by atoms with Gasteiger partial charge in [0, 0.05) is 0 Å². The molecule has 0 unspecified atom stereocenters. The van der Waals surface area contributed by atoms with Crippen molar-refractivity contribution in [1.29, 1.82) is 0 Å². The molecule has 12 fully saturated rings. The summed E-state index contributed by atoms with van der Waals surface area (Å²) in [4.78, 5) is 0. The zero-order valence-corrected chi connectivity index (χ0v) is 20.3. The van der Waals surface area contributed by atoms with Gasteiger partial charge in [-0.15, -0.1) is 0 Å². The van der Waals surface area contributed by atoms with Gasteiger partial charge in [-0.1, -0.05) is 0 Å². The second-order valence-electron chi connectivity index (χ2n) is 14.9. The van der Waals surface area contributed by atoms with Gasteiger partial charge < -0.3 is 10.2 Å². The van der Waals surface area contributed by atoms with Crippen LogP contribution in [-0.4, -0.2) is 21.9 Å². The van der Waals surface area contributed by atoms with Crippen LogP contribution in [0.3, 0.4) is 0 Å². The van der Waals surface area contributed by atoms with Crippen molar-refractivity contribution in [2.45, 2.75) is 121 Å². The quantitative estimate of drug-likeness (QED) is 0.446. The molecule has 12 aliphatic carbocycles. The largest absolute Gasteiger partial charge is 0.393 e. The molecule has 0 saturated heterocycles. The van der Waals surface area contributed by atoms with Crippen LogP contribution in [-0.2, 0) is 0 Å². The summed E-state index contributed by atoms with van der Waals surface area (Å²) in [6.45, 7) is 0. The molecule has 0 heterocycles. The van der Waals surface area contributed by atoms with E-state index in [4.69, 9.17) is 0 Å². The molecule has 0 atom stereocenters. The lowest BCUT2D eigenvalue weighted by atomic mass is 9.54. The van der Waals surface area contributed by atoms with Crippen LogP contribution in [0.2, 0.25) is 0 Å².